The molecule has 12 heteroatoms. The minimum absolute atomic E-state index is 0.0172. The number of rotatable bonds is 8. The molecule has 0 heterocycles. The van der Waals surface area contributed by atoms with Gasteiger partial charge in [-0.25, -0.2) is 9.59 Å². The average Bonchev–Trinajstić information content (AvgIpc) is 2.46. The van der Waals surface area contributed by atoms with E-state index in [0.29, 0.717) is 0 Å². The number of carbonyl (C=O) groups is 4. The summed E-state index contributed by atoms with van der Waals surface area (Å²) in [5.41, 5.74) is 10.3. The first-order valence-corrected chi connectivity index (χ1v) is 7.10. The molecule has 0 saturated carbocycles. The summed E-state index contributed by atoms with van der Waals surface area (Å²) in [6.07, 6.45) is -0.443. The molecule has 140 valence electrons. The van der Waals surface area contributed by atoms with E-state index in [4.69, 9.17) is 22.3 Å². The summed E-state index contributed by atoms with van der Waals surface area (Å²) in [5, 5.41) is 14.1. The van der Waals surface area contributed by atoms with E-state index in [1.165, 1.54) is 14.1 Å². The third kappa shape index (κ3) is 10.3. The van der Waals surface area contributed by atoms with E-state index < -0.39 is 23.9 Å². The van der Waals surface area contributed by atoms with Gasteiger partial charge in [0.25, 0.3) is 0 Å². The zero-order chi connectivity index (χ0) is 19.6. The van der Waals surface area contributed by atoms with Gasteiger partial charge in [0.15, 0.2) is 11.9 Å². The van der Waals surface area contributed by atoms with Gasteiger partial charge in [-0.15, -0.1) is 0 Å². The lowest BCUT2D eigenvalue weighted by molar-refractivity contribution is -0.159. The van der Waals surface area contributed by atoms with Gasteiger partial charge in [0.05, 0.1) is 0 Å². The van der Waals surface area contributed by atoms with Crippen molar-refractivity contribution in [3.8, 4) is 0 Å². The summed E-state index contributed by atoms with van der Waals surface area (Å²) < 4.78 is 8.96. The first kappa shape index (κ1) is 21.8. The van der Waals surface area contributed by atoms with Gasteiger partial charge in [-0.3, -0.25) is 20.4 Å². The Morgan fingerprint density at radius 3 is 1.36 bits per heavy atom. The molecular formula is C13H22N6O6. The van der Waals surface area contributed by atoms with Crippen molar-refractivity contribution in [3.05, 3.63) is 0 Å². The Kier molecular flexibility index (Phi) is 9.22. The van der Waals surface area contributed by atoms with Crippen LogP contribution in [-0.4, -0.2) is 72.8 Å². The molecule has 0 bridgehead atoms. The molecule has 6 N–H and O–H groups in total. The van der Waals surface area contributed by atoms with E-state index in [2.05, 4.69) is 9.47 Å². The predicted molar refractivity (Wildman–Crippen MR) is 85.1 cm³/mol. The second kappa shape index (κ2) is 10.6. The maximum Gasteiger partial charge on any atom is 0.333 e. The van der Waals surface area contributed by atoms with Crippen LogP contribution in [0.15, 0.2) is 0 Å². The number of esters is 4. The Morgan fingerprint density at radius 1 is 0.760 bits per heavy atom. The van der Waals surface area contributed by atoms with Crippen molar-refractivity contribution in [1.82, 2.24) is 9.80 Å². The maximum absolute atomic E-state index is 11.4. The van der Waals surface area contributed by atoms with Crippen molar-refractivity contribution >= 4 is 35.8 Å². The third-order valence-corrected chi connectivity index (χ3v) is 2.77. The number of carbonyl (C=O) groups excluding carboxylic acids is 4. The van der Waals surface area contributed by atoms with E-state index in [1.54, 1.807) is 0 Å². The third-order valence-electron chi connectivity index (χ3n) is 2.77. The van der Waals surface area contributed by atoms with Crippen LogP contribution < -0.4 is 11.5 Å². The topological polar surface area (TPSA) is 193 Å². The molecule has 0 aromatic carbocycles. The van der Waals surface area contributed by atoms with Crippen LogP contribution in [0.3, 0.4) is 0 Å². The normalized spacial score (nSPS) is 9.68. The number of hydrogen-bond acceptors (Lipinski definition) is 8. The molecule has 0 aromatic heterocycles. The molecule has 25 heavy (non-hydrogen) atoms. The van der Waals surface area contributed by atoms with Gasteiger partial charge in [-0.2, -0.15) is 0 Å². The van der Waals surface area contributed by atoms with E-state index in [1.807, 2.05) is 0 Å². The molecular weight excluding hydrogens is 336 g/mol. The summed E-state index contributed by atoms with van der Waals surface area (Å²) in [4.78, 5) is 47.7. The highest BCUT2D eigenvalue weighted by Gasteiger charge is 2.16. The van der Waals surface area contributed by atoms with Crippen LogP contribution in [0.25, 0.3) is 0 Å². The SMILES string of the molecule is CN(CC(=O)OC(=O)CCCC(=O)OC(=O)CN(C)C(=N)N)C(=N)N. The molecule has 0 aliphatic rings. The fourth-order valence-corrected chi connectivity index (χ4v) is 1.36. The smallest absolute Gasteiger partial charge is 0.333 e. The molecule has 0 aliphatic carbocycles. The zero-order valence-corrected chi connectivity index (χ0v) is 14.0. The van der Waals surface area contributed by atoms with Gasteiger partial charge in [0.1, 0.15) is 13.1 Å². The molecule has 0 atom stereocenters. The van der Waals surface area contributed by atoms with Crippen molar-refractivity contribution in [3.63, 3.8) is 0 Å². The second-order valence-corrected chi connectivity index (χ2v) is 5.03. The molecule has 0 aromatic rings. The molecule has 0 amide bonds. The Balaban J connectivity index is 4.02. The number of nitrogens with one attached hydrogen (secondary N) is 2. The standard InChI is InChI=1S/C13H22N6O6/c1-18(12(14)15)6-10(22)24-8(20)4-3-5-9(21)25-11(23)7-19(2)13(16)17/h3-7H2,1-2H3,(H3,14,15)(H3,16,17). The Hall–Kier alpha value is -3.18. The van der Waals surface area contributed by atoms with Crippen LogP contribution in [0.2, 0.25) is 0 Å². The van der Waals surface area contributed by atoms with Gasteiger partial charge in [-0.1, -0.05) is 0 Å². The van der Waals surface area contributed by atoms with Crippen LogP contribution in [0.5, 0.6) is 0 Å². The molecule has 0 radical (unpaired) electrons. The molecule has 0 aliphatic heterocycles. The van der Waals surface area contributed by atoms with Crippen molar-refractivity contribution in [1.29, 1.82) is 10.8 Å². The lowest BCUT2D eigenvalue weighted by Crippen LogP contribution is -2.38. The minimum Gasteiger partial charge on any atom is -0.392 e. The fourth-order valence-electron chi connectivity index (χ4n) is 1.36. The maximum atomic E-state index is 11.4. The lowest BCUT2D eigenvalue weighted by Gasteiger charge is -2.14. The van der Waals surface area contributed by atoms with Gasteiger partial charge < -0.3 is 30.7 Å². The second-order valence-electron chi connectivity index (χ2n) is 5.03. The lowest BCUT2D eigenvalue weighted by atomic mass is 10.2. The van der Waals surface area contributed by atoms with Crippen molar-refractivity contribution in [2.24, 2.45) is 11.5 Å². The van der Waals surface area contributed by atoms with Crippen LogP contribution in [0, 0.1) is 10.8 Å². The summed E-state index contributed by atoms with van der Waals surface area (Å²) in [6.45, 7) is -0.720. The molecule has 12 nitrogen and oxygen atoms in total. The predicted octanol–water partition coefficient (Wildman–Crippen LogP) is -2.05. The number of hydrogen-bond donors (Lipinski definition) is 4. The largest absolute Gasteiger partial charge is 0.392 e. The van der Waals surface area contributed by atoms with Crippen LogP contribution >= 0.6 is 0 Å². The van der Waals surface area contributed by atoms with Gasteiger partial charge in [-0.05, 0) is 6.42 Å². The van der Waals surface area contributed by atoms with E-state index in [0.717, 1.165) is 9.80 Å². The van der Waals surface area contributed by atoms with Crippen molar-refractivity contribution in [2.45, 2.75) is 19.3 Å². The molecule has 0 spiro atoms. The molecule has 0 unspecified atom stereocenters. The highest BCUT2D eigenvalue weighted by molar-refractivity contribution is 5.90. The first-order valence-electron chi connectivity index (χ1n) is 7.10. The van der Waals surface area contributed by atoms with E-state index >= 15 is 0 Å². The first-order chi connectivity index (χ1) is 11.5. The Labute approximate surface area is 144 Å². The Morgan fingerprint density at radius 2 is 1.08 bits per heavy atom. The molecule has 0 fully saturated rings. The van der Waals surface area contributed by atoms with Gasteiger partial charge in [0.2, 0.25) is 0 Å². The monoisotopic (exact) mass is 358 g/mol. The average molecular weight is 358 g/mol. The minimum atomic E-state index is -0.882. The molecule has 0 rings (SSSR count). The summed E-state index contributed by atoms with van der Waals surface area (Å²) in [5.74, 6) is -4.17. The summed E-state index contributed by atoms with van der Waals surface area (Å²) in [6, 6.07) is 0. The number of guanidine groups is 2. The van der Waals surface area contributed by atoms with Crippen molar-refractivity contribution in [2.75, 3.05) is 27.2 Å². The fraction of sp³-hybridized carbons (Fsp3) is 0.538. The summed E-state index contributed by atoms with van der Waals surface area (Å²) in [7, 11) is 2.76. The number of ether oxygens (including phenoxy) is 2. The highest BCUT2D eigenvalue weighted by Crippen LogP contribution is 2.01. The van der Waals surface area contributed by atoms with Gasteiger partial charge >= 0.3 is 23.9 Å². The van der Waals surface area contributed by atoms with Crippen LogP contribution in [-0.2, 0) is 28.7 Å². The molecule has 0 saturated heterocycles. The quantitative estimate of drug-likeness (QED) is 0.162. The number of nitrogens with zero attached hydrogens (tertiary/aromatic N) is 2. The highest BCUT2D eigenvalue weighted by atomic mass is 16.6. The number of likely N-dealkylation sites (N-methyl/N-ethyl adjacent to an activating group) is 2. The van der Waals surface area contributed by atoms with E-state index in [-0.39, 0.29) is 44.3 Å². The summed E-state index contributed by atoms with van der Waals surface area (Å²) >= 11 is 0. The van der Waals surface area contributed by atoms with E-state index in [9.17, 15) is 19.2 Å². The zero-order valence-electron chi connectivity index (χ0n) is 14.0. The van der Waals surface area contributed by atoms with Gasteiger partial charge in [0, 0.05) is 26.9 Å². The van der Waals surface area contributed by atoms with Crippen LogP contribution in [0.1, 0.15) is 19.3 Å². The van der Waals surface area contributed by atoms with Crippen LogP contribution in [0.4, 0.5) is 0 Å². The Bertz CT molecular complexity index is 515. The number of nitrogens with two attached hydrogens (primary N) is 2. The van der Waals surface area contributed by atoms with Crippen molar-refractivity contribution < 1.29 is 28.7 Å².